The van der Waals surface area contributed by atoms with E-state index in [1.54, 1.807) is 0 Å². The van der Waals surface area contributed by atoms with Crippen LogP contribution in [0.2, 0.25) is 5.02 Å². The number of benzene rings is 1. The lowest BCUT2D eigenvalue weighted by molar-refractivity contribution is -0.143. The second-order valence-corrected chi connectivity index (χ2v) is 5.28. The molecule has 0 bridgehead atoms. The zero-order chi connectivity index (χ0) is 20.5. The first-order valence-corrected chi connectivity index (χ1v) is 7.18. The van der Waals surface area contributed by atoms with E-state index in [2.05, 4.69) is 0 Å². The number of ether oxygens (including phenoxy) is 1. The Morgan fingerprint density at radius 3 is 2.41 bits per heavy atom. The van der Waals surface area contributed by atoms with Crippen molar-refractivity contribution < 1.29 is 31.9 Å². The van der Waals surface area contributed by atoms with E-state index in [0.717, 1.165) is 0 Å². The minimum Gasteiger partial charge on any atom is -0.485 e. The summed E-state index contributed by atoms with van der Waals surface area (Å²) in [5.41, 5.74) is -1.43. The van der Waals surface area contributed by atoms with Crippen molar-refractivity contribution in [3.8, 4) is 11.4 Å². The van der Waals surface area contributed by atoms with Crippen LogP contribution >= 0.6 is 11.6 Å². The largest absolute Gasteiger partial charge is 0.485 e. The third kappa shape index (κ3) is 3.84. The monoisotopic (exact) mass is 409 g/mol. The SMILES string of the molecule is NC(=O)n1c(C(F)(F)F)cc(=O)n(-c2cc(OCC=O)c(Cl)cc2F)c1=O. The van der Waals surface area contributed by atoms with Gasteiger partial charge in [0.05, 0.1) is 10.7 Å². The number of hydrogen-bond donors (Lipinski definition) is 1. The average Bonchev–Trinajstić information content (AvgIpc) is 2.53. The van der Waals surface area contributed by atoms with Crippen molar-refractivity contribution >= 4 is 23.9 Å². The second kappa shape index (κ2) is 7.23. The molecule has 0 saturated heterocycles. The van der Waals surface area contributed by atoms with Gasteiger partial charge in [0.25, 0.3) is 5.56 Å². The first-order valence-electron chi connectivity index (χ1n) is 6.81. The summed E-state index contributed by atoms with van der Waals surface area (Å²) in [5.74, 6) is -1.62. The standard InChI is InChI=1S/C14H8ClF4N3O5/c15-6-3-7(16)8(4-9(6)27-2-1-23)21-11(24)5-10(14(17,18)19)22(12(20)25)13(21)26/h1,3-5H,2H2,(H2,20,25). The zero-order valence-electron chi connectivity index (χ0n) is 12.9. The number of rotatable bonds is 4. The van der Waals surface area contributed by atoms with E-state index in [-0.39, 0.29) is 21.4 Å². The smallest absolute Gasteiger partial charge is 0.432 e. The number of amides is 1. The summed E-state index contributed by atoms with van der Waals surface area (Å²) in [5, 5.41) is -0.340. The Hall–Kier alpha value is -3.15. The number of nitrogens with two attached hydrogens (primary N) is 1. The molecule has 0 aliphatic heterocycles. The zero-order valence-corrected chi connectivity index (χ0v) is 13.7. The molecule has 1 aromatic heterocycles. The Kier molecular flexibility index (Phi) is 5.40. The highest BCUT2D eigenvalue weighted by Gasteiger charge is 2.37. The molecule has 0 spiro atoms. The molecule has 1 aromatic carbocycles. The van der Waals surface area contributed by atoms with Gasteiger partial charge in [0.2, 0.25) is 0 Å². The molecular weight excluding hydrogens is 402 g/mol. The summed E-state index contributed by atoms with van der Waals surface area (Å²) < 4.78 is 57.4. The number of halogens is 5. The van der Waals surface area contributed by atoms with E-state index in [0.29, 0.717) is 18.4 Å². The molecule has 0 radical (unpaired) electrons. The third-order valence-electron chi connectivity index (χ3n) is 3.16. The highest BCUT2D eigenvalue weighted by molar-refractivity contribution is 6.32. The normalized spacial score (nSPS) is 11.3. The first-order chi connectivity index (χ1) is 12.5. The van der Waals surface area contributed by atoms with E-state index >= 15 is 0 Å². The summed E-state index contributed by atoms with van der Waals surface area (Å²) in [7, 11) is 0. The molecule has 13 heteroatoms. The Morgan fingerprint density at radius 1 is 1.26 bits per heavy atom. The molecule has 0 unspecified atom stereocenters. The molecule has 1 amide bonds. The highest BCUT2D eigenvalue weighted by atomic mass is 35.5. The molecule has 0 atom stereocenters. The van der Waals surface area contributed by atoms with Gasteiger partial charge in [-0.1, -0.05) is 11.6 Å². The Balaban J connectivity index is 2.87. The molecule has 2 aromatic rings. The van der Waals surface area contributed by atoms with E-state index in [9.17, 15) is 36.7 Å². The van der Waals surface area contributed by atoms with Crippen molar-refractivity contribution in [3.05, 3.63) is 55.6 Å². The Labute approximate surface area is 151 Å². The first kappa shape index (κ1) is 20.2. The van der Waals surface area contributed by atoms with Crippen molar-refractivity contribution in [3.63, 3.8) is 0 Å². The summed E-state index contributed by atoms with van der Waals surface area (Å²) in [4.78, 5) is 46.0. The van der Waals surface area contributed by atoms with Gasteiger partial charge < -0.3 is 10.5 Å². The molecule has 8 nitrogen and oxygen atoms in total. The lowest BCUT2D eigenvalue weighted by Gasteiger charge is -2.15. The molecule has 2 rings (SSSR count). The predicted molar refractivity (Wildman–Crippen MR) is 82.8 cm³/mol. The number of carbonyl (C=O) groups excluding carboxylic acids is 2. The molecule has 0 saturated carbocycles. The van der Waals surface area contributed by atoms with Crippen LogP contribution in [0.4, 0.5) is 22.4 Å². The molecular formula is C14H8ClF4N3O5. The van der Waals surface area contributed by atoms with Gasteiger partial charge in [-0.05, 0) is 6.07 Å². The summed E-state index contributed by atoms with van der Waals surface area (Å²) in [6.45, 7) is -0.516. The summed E-state index contributed by atoms with van der Waals surface area (Å²) in [6.07, 6.45) is -4.94. The highest BCUT2D eigenvalue weighted by Crippen LogP contribution is 2.30. The number of alkyl halides is 3. The van der Waals surface area contributed by atoms with Crippen molar-refractivity contribution in [1.82, 2.24) is 9.13 Å². The van der Waals surface area contributed by atoms with Crippen LogP contribution < -0.4 is 21.7 Å². The van der Waals surface area contributed by atoms with Crippen molar-refractivity contribution in [2.24, 2.45) is 5.73 Å². The number of carbonyl (C=O) groups is 2. The fourth-order valence-electron chi connectivity index (χ4n) is 2.11. The van der Waals surface area contributed by atoms with Crippen molar-refractivity contribution in [2.75, 3.05) is 6.61 Å². The minimum absolute atomic E-state index is 0.0561. The van der Waals surface area contributed by atoms with Crippen LogP contribution in [0.3, 0.4) is 0 Å². The molecule has 27 heavy (non-hydrogen) atoms. The average molecular weight is 410 g/mol. The van der Waals surface area contributed by atoms with Crippen LogP contribution in [0.15, 0.2) is 27.8 Å². The molecule has 144 valence electrons. The topological polar surface area (TPSA) is 113 Å². The lowest BCUT2D eigenvalue weighted by atomic mass is 10.2. The maximum atomic E-state index is 14.2. The van der Waals surface area contributed by atoms with Crippen molar-refractivity contribution in [2.45, 2.75) is 6.18 Å². The quantitative estimate of drug-likeness (QED) is 0.604. The van der Waals surface area contributed by atoms with Gasteiger partial charge in [-0.25, -0.2) is 23.1 Å². The van der Waals surface area contributed by atoms with Gasteiger partial charge in [0.15, 0.2) is 6.29 Å². The van der Waals surface area contributed by atoms with Crippen LogP contribution in [0.1, 0.15) is 5.69 Å². The van der Waals surface area contributed by atoms with Crippen LogP contribution in [0.25, 0.3) is 5.69 Å². The van der Waals surface area contributed by atoms with E-state index in [1.165, 1.54) is 0 Å². The van der Waals surface area contributed by atoms with Gasteiger partial charge in [0.1, 0.15) is 23.9 Å². The summed E-state index contributed by atoms with van der Waals surface area (Å²) >= 11 is 5.70. The van der Waals surface area contributed by atoms with Gasteiger partial charge >= 0.3 is 17.9 Å². The van der Waals surface area contributed by atoms with Crippen LogP contribution in [0.5, 0.6) is 5.75 Å². The number of aromatic nitrogens is 2. The van der Waals surface area contributed by atoms with Crippen molar-refractivity contribution in [1.29, 1.82) is 0 Å². The molecule has 0 aliphatic carbocycles. The fraction of sp³-hybridized carbons (Fsp3) is 0.143. The number of aldehydes is 1. The van der Waals surface area contributed by atoms with Crippen LogP contribution in [-0.4, -0.2) is 28.1 Å². The predicted octanol–water partition coefficient (Wildman–Crippen LogP) is 1.32. The van der Waals surface area contributed by atoms with Gasteiger partial charge in [-0.3, -0.25) is 9.59 Å². The molecule has 0 fully saturated rings. The minimum atomic E-state index is -5.26. The summed E-state index contributed by atoms with van der Waals surface area (Å²) in [6, 6.07) is -0.614. The second-order valence-electron chi connectivity index (χ2n) is 4.87. The maximum absolute atomic E-state index is 14.2. The number of primary amides is 1. The Bertz CT molecular complexity index is 1040. The van der Waals surface area contributed by atoms with Gasteiger partial charge in [0, 0.05) is 12.1 Å². The number of nitrogens with zero attached hydrogens (tertiary/aromatic N) is 2. The molecule has 0 aliphatic rings. The fourth-order valence-corrected chi connectivity index (χ4v) is 2.32. The van der Waals surface area contributed by atoms with Crippen LogP contribution in [0, 0.1) is 5.82 Å². The van der Waals surface area contributed by atoms with E-state index in [4.69, 9.17) is 22.1 Å². The molecule has 2 N–H and O–H groups in total. The van der Waals surface area contributed by atoms with Gasteiger partial charge in [-0.15, -0.1) is 0 Å². The third-order valence-corrected chi connectivity index (χ3v) is 3.46. The van der Waals surface area contributed by atoms with Crippen LogP contribution in [-0.2, 0) is 11.0 Å². The van der Waals surface area contributed by atoms with E-state index < -0.39 is 51.8 Å². The molecule has 1 heterocycles. The van der Waals surface area contributed by atoms with E-state index in [1.807, 2.05) is 0 Å². The Morgan fingerprint density at radius 2 is 1.89 bits per heavy atom. The lowest BCUT2D eigenvalue weighted by Crippen LogP contribution is -2.46. The maximum Gasteiger partial charge on any atom is 0.432 e. The number of hydrogen-bond acceptors (Lipinski definition) is 5. The van der Waals surface area contributed by atoms with Gasteiger partial charge in [-0.2, -0.15) is 13.2 Å².